The summed E-state index contributed by atoms with van der Waals surface area (Å²) in [5, 5.41) is 12.0. The Bertz CT molecular complexity index is 659. The van der Waals surface area contributed by atoms with Gasteiger partial charge in [0.25, 0.3) is 0 Å². The SMILES string of the molecule is O=C(CN1CCC[C@H]1C(=O)O)NCc1ccc(N2CCCC2=O)cc1. The van der Waals surface area contributed by atoms with Gasteiger partial charge in [-0.05, 0) is 43.5 Å². The van der Waals surface area contributed by atoms with Crippen LogP contribution in [-0.2, 0) is 20.9 Å². The zero-order chi connectivity index (χ0) is 17.8. The number of aliphatic carboxylic acids is 1. The summed E-state index contributed by atoms with van der Waals surface area (Å²) < 4.78 is 0. The molecular formula is C18H23N3O4. The summed E-state index contributed by atoms with van der Waals surface area (Å²) in [6, 6.07) is 7.04. The van der Waals surface area contributed by atoms with Crippen molar-refractivity contribution in [2.75, 3.05) is 24.5 Å². The highest BCUT2D eigenvalue weighted by Crippen LogP contribution is 2.21. The number of likely N-dealkylation sites (tertiary alicyclic amines) is 1. The number of amides is 2. The molecule has 1 aromatic carbocycles. The Labute approximate surface area is 146 Å². The number of carbonyl (C=O) groups is 3. The lowest BCUT2D eigenvalue weighted by Gasteiger charge is -2.20. The molecule has 2 heterocycles. The van der Waals surface area contributed by atoms with E-state index in [9.17, 15) is 14.4 Å². The largest absolute Gasteiger partial charge is 0.480 e. The van der Waals surface area contributed by atoms with Gasteiger partial charge in [0.1, 0.15) is 6.04 Å². The number of hydrogen-bond acceptors (Lipinski definition) is 4. The van der Waals surface area contributed by atoms with Crippen molar-refractivity contribution in [3.63, 3.8) is 0 Å². The molecule has 2 amide bonds. The predicted octanol–water partition coefficient (Wildman–Crippen LogP) is 0.979. The molecule has 0 radical (unpaired) electrons. The maximum Gasteiger partial charge on any atom is 0.320 e. The van der Waals surface area contributed by atoms with Crippen LogP contribution in [0.1, 0.15) is 31.2 Å². The number of anilines is 1. The van der Waals surface area contributed by atoms with Gasteiger partial charge >= 0.3 is 5.97 Å². The normalized spacial score (nSPS) is 20.9. The fraction of sp³-hybridized carbons (Fsp3) is 0.500. The van der Waals surface area contributed by atoms with Crippen LogP contribution in [0.5, 0.6) is 0 Å². The minimum atomic E-state index is -0.864. The first-order valence-corrected chi connectivity index (χ1v) is 8.67. The zero-order valence-corrected chi connectivity index (χ0v) is 14.1. The summed E-state index contributed by atoms with van der Waals surface area (Å²) in [4.78, 5) is 38.4. The van der Waals surface area contributed by atoms with Crippen LogP contribution in [0.4, 0.5) is 5.69 Å². The van der Waals surface area contributed by atoms with Crippen LogP contribution in [-0.4, -0.2) is 53.5 Å². The number of hydrogen-bond donors (Lipinski definition) is 2. The number of nitrogens with one attached hydrogen (secondary N) is 1. The molecule has 7 heteroatoms. The number of benzene rings is 1. The smallest absolute Gasteiger partial charge is 0.320 e. The summed E-state index contributed by atoms with van der Waals surface area (Å²) in [7, 11) is 0. The molecule has 134 valence electrons. The van der Waals surface area contributed by atoms with Crippen molar-refractivity contribution < 1.29 is 19.5 Å². The molecule has 0 aliphatic carbocycles. The second-order valence-electron chi connectivity index (χ2n) is 6.56. The van der Waals surface area contributed by atoms with E-state index in [0.717, 1.165) is 30.6 Å². The first-order chi connectivity index (χ1) is 12.0. The quantitative estimate of drug-likeness (QED) is 0.802. The van der Waals surface area contributed by atoms with Crippen molar-refractivity contribution in [3.8, 4) is 0 Å². The van der Waals surface area contributed by atoms with E-state index in [0.29, 0.717) is 25.9 Å². The van der Waals surface area contributed by atoms with Gasteiger partial charge in [-0.15, -0.1) is 0 Å². The van der Waals surface area contributed by atoms with Crippen molar-refractivity contribution in [1.29, 1.82) is 0 Å². The fourth-order valence-corrected chi connectivity index (χ4v) is 3.45. The maximum absolute atomic E-state index is 12.1. The lowest BCUT2D eigenvalue weighted by atomic mass is 10.2. The van der Waals surface area contributed by atoms with Crippen molar-refractivity contribution >= 4 is 23.5 Å². The highest BCUT2D eigenvalue weighted by atomic mass is 16.4. The third kappa shape index (κ3) is 4.17. The van der Waals surface area contributed by atoms with E-state index in [1.54, 1.807) is 9.80 Å². The van der Waals surface area contributed by atoms with Crippen LogP contribution in [0.2, 0.25) is 0 Å². The molecule has 2 N–H and O–H groups in total. The third-order valence-corrected chi connectivity index (χ3v) is 4.81. The topological polar surface area (TPSA) is 89.9 Å². The molecule has 0 bridgehead atoms. The summed E-state index contributed by atoms with van der Waals surface area (Å²) >= 11 is 0. The number of nitrogens with zero attached hydrogens (tertiary/aromatic N) is 2. The Morgan fingerprint density at radius 3 is 2.56 bits per heavy atom. The van der Waals surface area contributed by atoms with Gasteiger partial charge in [-0.2, -0.15) is 0 Å². The lowest BCUT2D eigenvalue weighted by molar-refractivity contribution is -0.142. The molecule has 1 aromatic rings. The molecule has 0 saturated carbocycles. The van der Waals surface area contributed by atoms with E-state index in [4.69, 9.17) is 5.11 Å². The van der Waals surface area contributed by atoms with Crippen LogP contribution in [0.15, 0.2) is 24.3 Å². The van der Waals surface area contributed by atoms with Gasteiger partial charge in [0.15, 0.2) is 0 Å². The molecule has 0 spiro atoms. The van der Waals surface area contributed by atoms with Crippen LogP contribution in [0.3, 0.4) is 0 Å². The number of carboxylic acids is 1. The Kier molecular flexibility index (Phi) is 5.33. The average molecular weight is 345 g/mol. The van der Waals surface area contributed by atoms with Gasteiger partial charge in [-0.25, -0.2) is 0 Å². The standard InChI is InChI=1S/C18H23N3O4/c22-16(12-20-9-1-3-15(20)18(24)25)19-11-13-5-7-14(8-6-13)21-10-2-4-17(21)23/h5-8,15H,1-4,9-12H2,(H,19,22)(H,24,25)/t15-/m0/s1. The summed E-state index contributed by atoms with van der Waals surface area (Å²) in [6.07, 6.45) is 2.90. The Hall–Kier alpha value is -2.41. The zero-order valence-electron chi connectivity index (χ0n) is 14.1. The van der Waals surface area contributed by atoms with Gasteiger partial charge in [-0.3, -0.25) is 19.3 Å². The molecule has 25 heavy (non-hydrogen) atoms. The molecule has 0 unspecified atom stereocenters. The second kappa shape index (κ2) is 7.65. The molecule has 7 nitrogen and oxygen atoms in total. The molecule has 3 rings (SSSR count). The second-order valence-corrected chi connectivity index (χ2v) is 6.56. The summed E-state index contributed by atoms with van der Waals surface area (Å²) in [5.74, 6) is -0.885. The van der Waals surface area contributed by atoms with Crippen molar-refractivity contribution in [3.05, 3.63) is 29.8 Å². The maximum atomic E-state index is 12.1. The molecule has 2 saturated heterocycles. The van der Waals surface area contributed by atoms with Gasteiger partial charge < -0.3 is 15.3 Å². The fourth-order valence-electron chi connectivity index (χ4n) is 3.45. The summed E-state index contributed by atoms with van der Waals surface area (Å²) in [6.45, 7) is 1.90. The predicted molar refractivity (Wildman–Crippen MR) is 92.1 cm³/mol. The van der Waals surface area contributed by atoms with E-state index >= 15 is 0 Å². The van der Waals surface area contributed by atoms with E-state index in [1.807, 2.05) is 24.3 Å². The van der Waals surface area contributed by atoms with Crippen LogP contribution >= 0.6 is 0 Å². The minimum Gasteiger partial charge on any atom is -0.480 e. The van der Waals surface area contributed by atoms with Crippen molar-refractivity contribution in [1.82, 2.24) is 10.2 Å². The lowest BCUT2D eigenvalue weighted by Crippen LogP contribution is -2.42. The monoisotopic (exact) mass is 345 g/mol. The van der Waals surface area contributed by atoms with Crippen LogP contribution < -0.4 is 10.2 Å². The van der Waals surface area contributed by atoms with Crippen molar-refractivity contribution in [2.45, 2.75) is 38.3 Å². The Morgan fingerprint density at radius 1 is 1.16 bits per heavy atom. The molecule has 2 aliphatic heterocycles. The van der Waals surface area contributed by atoms with Crippen LogP contribution in [0.25, 0.3) is 0 Å². The molecule has 2 aliphatic rings. The highest BCUT2D eigenvalue weighted by Gasteiger charge is 2.31. The summed E-state index contributed by atoms with van der Waals surface area (Å²) in [5.41, 5.74) is 1.83. The van der Waals surface area contributed by atoms with Crippen molar-refractivity contribution in [2.24, 2.45) is 0 Å². The van der Waals surface area contributed by atoms with Crippen LogP contribution in [0, 0.1) is 0 Å². The number of rotatable bonds is 6. The molecule has 1 atom stereocenters. The average Bonchev–Trinajstić information content (AvgIpc) is 3.22. The Morgan fingerprint density at radius 2 is 1.92 bits per heavy atom. The molecular weight excluding hydrogens is 322 g/mol. The first kappa shape index (κ1) is 17.4. The minimum absolute atomic E-state index is 0.108. The van der Waals surface area contributed by atoms with Gasteiger partial charge in [0, 0.05) is 25.2 Å². The van der Waals surface area contributed by atoms with E-state index in [-0.39, 0.29) is 18.4 Å². The third-order valence-electron chi connectivity index (χ3n) is 4.81. The number of carbonyl (C=O) groups excluding carboxylic acids is 2. The van der Waals surface area contributed by atoms with Gasteiger partial charge in [0.2, 0.25) is 11.8 Å². The van der Waals surface area contributed by atoms with E-state index < -0.39 is 12.0 Å². The highest BCUT2D eigenvalue weighted by molar-refractivity contribution is 5.95. The molecule has 2 fully saturated rings. The van der Waals surface area contributed by atoms with Gasteiger partial charge in [0.05, 0.1) is 6.54 Å². The van der Waals surface area contributed by atoms with Gasteiger partial charge in [-0.1, -0.05) is 12.1 Å². The van der Waals surface area contributed by atoms with E-state index in [2.05, 4.69) is 5.32 Å². The number of carboxylic acid groups (broad SMARTS) is 1. The first-order valence-electron chi connectivity index (χ1n) is 8.67. The Balaban J connectivity index is 1.49. The molecule has 0 aromatic heterocycles. The van der Waals surface area contributed by atoms with E-state index in [1.165, 1.54) is 0 Å².